The Morgan fingerprint density at radius 1 is 1.43 bits per heavy atom. The molecule has 23 heavy (non-hydrogen) atoms. The molecule has 1 amide bonds. The Morgan fingerprint density at radius 2 is 2.17 bits per heavy atom. The second-order valence-electron chi connectivity index (χ2n) is 4.60. The number of nitriles is 1. The highest BCUT2D eigenvalue weighted by molar-refractivity contribution is 6.01. The van der Waals surface area contributed by atoms with Crippen LogP contribution in [0.25, 0.3) is 6.08 Å². The van der Waals surface area contributed by atoms with E-state index in [9.17, 15) is 18.0 Å². The largest absolute Gasteiger partial charge is 0.416 e. The maximum atomic E-state index is 12.6. The van der Waals surface area contributed by atoms with Gasteiger partial charge in [-0.15, -0.1) is 0 Å². The molecule has 0 bridgehead atoms. The molecule has 1 aromatic carbocycles. The normalized spacial score (nSPS) is 11.9. The molecule has 0 saturated heterocycles. The molecular formula is C16H17F3N2O2. The van der Waals surface area contributed by atoms with Crippen LogP contribution < -0.4 is 5.32 Å². The number of ether oxygens (including phenoxy) is 1. The van der Waals surface area contributed by atoms with Crippen molar-refractivity contribution in [2.75, 3.05) is 19.8 Å². The van der Waals surface area contributed by atoms with Crippen LogP contribution in [0, 0.1) is 11.3 Å². The van der Waals surface area contributed by atoms with E-state index in [1.807, 2.05) is 6.92 Å². The van der Waals surface area contributed by atoms with Gasteiger partial charge in [0.2, 0.25) is 0 Å². The van der Waals surface area contributed by atoms with Gasteiger partial charge in [-0.25, -0.2) is 0 Å². The van der Waals surface area contributed by atoms with E-state index in [2.05, 4.69) is 5.32 Å². The van der Waals surface area contributed by atoms with Gasteiger partial charge in [-0.1, -0.05) is 12.1 Å². The number of carbonyl (C=O) groups excluding carboxylic acids is 1. The standard InChI is InChI=1S/C16H17F3N2O2/c1-2-23-8-4-7-21-15(22)13(11-20)9-12-5-3-6-14(10-12)16(17,18)19/h3,5-6,9-10H,2,4,7-8H2,1H3,(H,21,22). The Balaban J connectivity index is 2.75. The summed E-state index contributed by atoms with van der Waals surface area (Å²) in [6.45, 7) is 3.23. The fraction of sp³-hybridized carbons (Fsp3) is 0.375. The molecule has 1 N–H and O–H groups in total. The zero-order valence-electron chi connectivity index (χ0n) is 12.6. The van der Waals surface area contributed by atoms with E-state index in [1.54, 1.807) is 6.07 Å². The SMILES string of the molecule is CCOCCCNC(=O)C(C#N)=Cc1cccc(C(F)(F)F)c1. The summed E-state index contributed by atoms with van der Waals surface area (Å²) in [6.07, 6.45) is -2.76. The Morgan fingerprint density at radius 3 is 2.78 bits per heavy atom. The fourth-order valence-electron chi connectivity index (χ4n) is 1.74. The van der Waals surface area contributed by atoms with Crippen molar-refractivity contribution in [2.24, 2.45) is 0 Å². The van der Waals surface area contributed by atoms with Crippen LogP contribution in [0.3, 0.4) is 0 Å². The van der Waals surface area contributed by atoms with Gasteiger partial charge in [0.25, 0.3) is 5.91 Å². The summed E-state index contributed by atoms with van der Waals surface area (Å²) in [5, 5.41) is 11.5. The first-order valence-electron chi connectivity index (χ1n) is 7.03. The number of alkyl halides is 3. The molecule has 0 radical (unpaired) electrons. The van der Waals surface area contributed by atoms with Crippen LogP contribution in [0.5, 0.6) is 0 Å². The topological polar surface area (TPSA) is 62.1 Å². The van der Waals surface area contributed by atoms with E-state index in [0.29, 0.717) is 26.2 Å². The van der Waals surface area contributed by atoms with E-state index in [4.69, 9.17) is 10.00 Å². The number of rotatable bonds is 7. The lowest BCUT2D eigenvalue weighted by atomic mass is 10.1. The van der Waals surface area contributed by atoms with E-state index in [0.717, 1.165) is 18.2 Å². The Labute approximate surface area is 132 Å². The fourth-order valence-corrected chi connectivity index (χ4v) is 1.74. The smallest absolute Gasteiger partial charge is 0.382 e. The van der Waals surface area contributed by atoms with Crippen molar-refractivity contribution in [1.82, 2.24) is 5.32 Å². The van der Waals surface area contributed by atoms with Crippen molar-refractivity contribution in [3.8, 4) is 6.07 Å². The molecule has 0 aliphatic carbocycles. The van der Waals surface area contributed by atoms with E-state index in [-0.39, 0.29) is 11.1 Å². The Hall–Kier alpha value is -2.33. The van der Waals surface area contributed by atoms with Gasteiger partial charge < -0.3 is 10.1 Å². The molecule has 0 spiro atoms. The van der Waals surface area contributed by atoms with Crippen LogP contribution in [-0.4, -0.2) is 25.7 Å². The average Bonchev–Trinajstić information content (AvgIpc) is 2.51. The van der Waals surface area contributed by atoms with Gasteiger partial charge in [-0.05, 0) is 37.1 Å². The lowest BCUT2D eigenvalue weighted by Crippen LogP contribution is -2.26. The third kappa shape index (κ3) is 6.53. The first-order valence-corrected chi connectivity index (χ1v) is 7.03. The van der Waals surface area contributed by atoms with Crippen LogP contribution in [0.4, 0.5) is 13.2 Å². The number of amides is 1. The van der Waals surface area contributed by atoms with Gasteiger partial charge in [0, 0.05) is 19.8 Å². The van der Waals surface area contributed by atoms with Gasteiger partial charge in [-0.3, -0.25) is 4.79 Å². The summed E-state index contributed by atoms with van der Waals surface area (Å²) in [5.41, 5.74) is -0.942. The quantitative estimate of drug-likeness (QED) is 0.476. The zero-order valence-corrected chi connectivity index (χ0v) is 12.6. The van der Waals surface area contributed by atoms with Gasteiger partial charge in [0.1, 0.15) is 11.6 Å². The van der Waals surface area contributed by atoms with Crippen molar-refractivity contribution in [1.29, 1.82) is 5.26 Å². The van der Waals surface area contributed by atoms with E-state index in [1.165, 1.54) is 12.1 Å². The molecule has 1 rings (SSSR count). The van der Waals surface area contributed by atoms with Crippen molar-refractivity contribution >= 4 is 12.0 Å². The number of carbonyl (C=O) groups is 1. The Kier molecular flexibility index (Phi) is 7.29. The zero-order chi connectivity index (χ0) is 17.3. The molecule has 0 atom stereocenters. The third-order valence-corrected chi connectivity index (χ3v) is 2.85. The minimum absolute atomic E-state index is 0.140. The molecule has 0 heterocycles. The van der Waals surface area contributed by atoms with Gasteiger partial charge in [0.05, 0.1) is 5.56 Å². The first-order chi connectivity index (χ1) is 10.9. The van der Waals surface area contributed by atoms with Gasteiger partial charge in [-0.2, -0.15) is 18.4 Å². The van der Waals surface area contributed by atoms with Crippen LogP contribution in [-0.2, 0) is 15.7 Å². The lowest BCUT2D eigenvalue weighted by molar-refractivity contribution is -0.137. The lowest BCUT2D eigenvalue weighted by Gasteiger charge is -2.07. The molecule has 0 fully saturated rings. The minimum atomic E-state index is -4.47. The highest BCUT2D eigenvalue weighted by Gasteiger charge is 2.30. The maximum Gasteiger partial charge on any atom is 0.416 e. The minimum Gasteiger partial charge on any atom is -0.382 e. The molecule has 0 aromatic heterocycles. The number of nitrogens with one attached hydrogen (secondary N) is 1. The van der Waals surface area contributed by atoms with Crippen molar-refractivity contribution in [3.63, 3.8) is 0 Å². The average molecular weight is 326 g/mol. The summed E-state index contributed by atoms with van der Waals surface area (Å²) >= 11 is 0. The molecule has 4 nitrogen and oxygen atoms in total. The number of hydrogen-bond acceptors (Lipinski definition) is 3. The third-order valence-electron chi connectivity index (χ3n) is 2.85. The van der Waals surface area contributed by atoms with Crippen molar-refractivity contribution in [3.05, 3.63) is 41.0 Å². The second kappa shape index (κ2) is 8.96. The predicted molar refractivity (Wildman–Crippen MR) is 79.2 cm³/mol. The molecule has 7 heteroatoms. The van der Waals surface area contributed by atoms with E-state index >= 15 is 0 Å². The summed E-state index contributed by atoms with van der Waals surface area (Å²) in [6, 6.07) is 6.14. The first kappa shape index (κ1) is 18.7. The summed E-state index contributed by atoms with van der Waals surface area (Å²) in [7, 11) is 0. The van der Waals surface area contributed by atoms with Crippen LogP contribution >= 0.6 is 0 Å². The van der Waals surface area contributed by atoms with Crippen molar-refractivity contribution in [2.45, 2.75) is 19.5 Å². The number of hydrogen-bond donors (Lipinski definition) is 1. The summed E-state index contributed by atoms with van der Waals surface area (Å²) in [4.78, 5) is 11.8. The molecule has 0 aliphatic rings. The maximum absolute atomic E-state index is 12.6. The van der Waals surface area contributed by atoms with E-state index < -0.39 is 17.6 Å². The molecule has 0 aliphatic heterocycles. The monoisotopic (exact) mass is 326 g/mol. The Bertz CT molecular complexity index is 604. The molecule has 1 aromatic rings. The number of benzene rings is 1. The summed E-state index contributed by atoms with van der Waals surface area (Å²) in [5.74, 6) is -0.624. The molecule has 0 saturated carbocycles. The van der Waals surface area contributed by atoms with Crippen LogP contribution in [0.15, 0.2) is 29.8 Å². The van der Waals surface area contributed by atoms with Crippen LogP contribution in [0.1, 0.15) is 24.5 Å². The predicted octanol–water partition coefficient (Wildman–Crippen LogP) is 3.16. The van der Waals surface area contributed by atoms with Gasteiger partial charge in [0.15, 0.2) is 0 Å². The number of nitrogens with zero attached hydrogens (tertiary/aromatic N) is 1. The molecule has 0 unspecified atom stereocenters. The highest BCUT2D eigenvalue weighted by atomic mass is 19.4. The highest BCUT2D eigenvalue weighted by Crippen LogP contribution is 2.29. The second-order valence-corrected chi connectivity index (χ2v) is 4.60. The summed E-state index contributed by atoms with van der Waals surface area (Å²) < 4.78 is 43.0. The number of halogens is 3. The van der Waals surface area contributed by atoms with Crippen molar-refractivity contribution < 1.29 is 22.7 Å². The van der Waals surface area contributed by atoms with Crippen LogP contribution in [0.2, 0.25) is 0 Å². The molecule has 124 valence electrons. The molecular weight excluding hydrogens is 309 g/mol. The van der Waals surface area contributed by atoms with Gasteiger partial charge >= 0.3 is 6.18 Å².